The number of imidazole rings is 1. The van der Waals surface area contributed by atoms with Crippen LogP contribution in [0.25, 0.3) is 10.6 Å². The third-order valence-corrected chi connectivity index (χ3v) is 7.51. The van der Waals surface area contributed by atoms with Crippen molar-refractivity contribution in [1.82, 2.24) is 19.6 Å². The van der Waals surface area contributed by atoms with Crippen LogP contribution >= 0.6 is 22.9 Å². The Morgan fingerprint density at radius 2 is 2.17 bits per heavy atom. The number of amides is 1. The van der Waals surface area contributed by atoms with Gasteiger partial charge in [-0.1, -0.05) is 16.8 Å². The zero-order chi connectivity index (χ0) is 25.3. The van der Waals surface area contributed by atoms with Gasteiger partial charge in [0, 0.05) is 25.1 Å². The first kappa shape index (κ1) is 25.4. The molecule has 0 bridgehead atoms. The summed E-state index contributed by atoms with van der Waals surface area (Å²) in [4.78, 5) is 32.2. The van der Waals surface area contributed by atoms with E-state index in [0.29, 0.717) is 46.7 Å². The van der Waals surface area contributed by atoms with Crippen molar-refractivity contribution in [3.8, 4) is 10.6 Å². The predicted octanol–water partition coefficient (Wildman–Crippen LogP) is 3.59. The van der Waals surface area contributed by atoms with Gasteiger partial charge in [0.15, 0.2) is 11.5 Å². The molecular formula is C23H28ClN5O5S. The highest BCUT2D eigenvalue weighted by atomic mass is 35.5. The van der Waals surface area contributed by atoms with Gasteiger partial charge in [0.1, 0.15) is 18.1 Å². The number of hydrogen-bond acceptors (Lipinski definition) is 8. The van der Waals surface area contributed by atoms with E-state index in [1.807, 2.05) is 19.9 Å². The zero-order valence-corrected chi connectivity index (χ0v) is 21.3. The monoisotopic (exact) mass is 521 g/mol. The molecule has 10 nitrogen and oxygen atoms in total. The fraction of sp³-hybridized carbons (Fsp3) is 0.478. The Hall–Kier alpha value is -2.73. The number of hydrogen-bond donors (Lipinski definition) is 2. The highest BCUT2D eigenvalue weighted by Crippen LogP contribution is 2.35. The zero-order valence-electron chi connectivity index (χ0n) is 19.7. The summed E-state index contributed by atoms with van der Waals surface area (Å²) in [5.41, 5.74) is 6.74. The van der Waals surface area contributed by atoms with Gasteiger partial charge < -0.3 is 24.7 Å². The highest BCUT2D eigenvalue weighted by molar-refractivity contribution is 7.19. The summed E-state index contributed by atoms with van der Waals surface area (Å²) in [6.45, 7) is 4.91. The maximum absolute atomic E-state index is 12.4. The van der Waals surface area contributed by atoms with Gasteiger partial charge >= 0.3 is 5.97 Å². The van der Waals surface area contributed by atoms with Crippen molar-refractivity contribution in [2.45, 2.75) is 57.8 Å². The van der Waals surface area contributed by atoms with E-state index >= 15 is 0 Å². The lowest BCUT2D eigenvalue weighted by molar-refractivity contribution is -0.125. The third-order valence-electron chi connectivity index (χ3n) is 6.27. The molecule has 3 aromatic heterocycles. The number of nitrogens with two attached hydrogens (primary N) is 1. The first-order valence-corrected chi connectivity index (χ1v) is 12.5. The number of thiophene rings is 1. The second-order valence-corrected chi connectivity index (χ2v) is 10.6. The van der Waals surface area contributed by atoms with Crippen LogP contribution in [-0.4, -0.2) is 62.3 Å². The van der Waals surface area contributed by atoms with Gasteiger partial charge in [-0.15, -0.1) is 11.3 Å². The van der Waals surface area contributed by atoms with Crippen LogP contribution < -0.4 is 5.73 Å². The number of carbonyl (C=O) groups is 2. The number of likely N-dealkylation sites (tertiary alicyclic amines) is 1. The number of ether oxygens (including phenoxy) is 1. The number of carboxylic acids is 1. The molecule has 35 heavy (non-hydrogen) atoms. The van der Waals surface area contributed by atoms with Crippen molar-refractivity contribution in [2.24, 2.45) is 5.73 Å². The molecular weight excluding hydrogens is 494 g/mol. The maximum atomic E-state index is 12.4. The van der Waals surface area contributed by atoms with Gasteiger partial charge in [0.25, 0.3) is 0 Å². The van der Waals surface area contributed by atoms with E-state index in [2.05, 4.69) is 15.0 Å². The average molecular weight is 522 g/mol. The van der Waals surface area contributed by atoms with Gasteiger partial charge in [-0.05, 0) is 45.4 Å². The number of piperidine rings is 1. The molecule has 2 unspecified atom stereocenters. The number of nitrogens with zero attached hydrogens (tertiary/aromatic N) is 4. The van der Waals surface area contributed by atoms with Crippen molar-refractivity contribution < 1.29 is 24.0 Å². The van der Waals surface area contributed by atoms with Crippen LogP contribution in [0.3, 0.4) is 0 Å². The summed E-state index contributed by atoms with van der Waals surface area (Å²) in [6, 6.07) is 5.03. The molecule has 2 atom stereocenters. The van der Waals surface area contributed by atoms with Crippen LogP contribution in [0, 0.1) is 0 Å². The number of carbonyl (C=O) groups excluding carboxylic acids is 1. The quantitative estimate of drug-likeness (QED) is 0.436. The molecule has 1 aliphatic heterocycles. The van der Waals surface area contributed by atoms with Crippen molar-refractivity contribution >= 4 is 34.8 Å². The maximum Gasteiger partial charge on any atom is 0.354 e. The van der Waals surface area contributed by atoms with E-state index in [1.54, 1.807) is 16.7 Å². The summed E-state index contributed by atoms with van der Waals surface area (Å²) < 4.78 is 13.0. The summed E-state index contributed by atoms with van der Waals surface area (Å²) in [5, 5.41) is 14.3. The summed E-state index contributed by atoms with van der Waals surface area (Å²) in [5.74, 6) is -0.740. The molecule has 1 amide bonds. The first-order chi connectivity index (χ1) is 16.7. The van der Waals surface area contributed by atoms with Crippen LogP contribution in [-0.2, 0) is 22.7 Å². The van der Waals surface area contributed by atoms with Crippen molar-refractivity contribution in [2.75, 3.05) is 13.7 Å². The van der Waals surface area contributed by atoms with E-state index in [0.717, 1.165) is 4.88 Å². The third kappa shape index (κ3) is 5.27. The van der Waals surface area contributed by atoms with E-state index in [-0.39, 0.29) is 30.8 Å². The van der Waals surface area contributed by atoms with E-state index in [1.165, 1.54) is 18.4 Å². The molecule has 1 aliphatic rings. The van der Waals surface area contributed by atoms with E-state index in [9.17, 15) is 14.7 Å². The lowest BCUT2D eigenvalue weighted by Gasteiger charge is -2.39. The molecule has 0 aromatic carbocycles. The Morgan fingerprint density at radius 1 is 1.40 bits per heavy atom. The van der Waals surface area contributed by atoms with Gasteiger partial charge in [-0.2, -0.15) is 0 Å². The van der Waals surface area contributed by atoms with Crippen LogP contribution in [0.4, 0.5) is 0 Å². The summed E-state index contributed by atoms with van der Waals surface area (Å²) in [7, 11) is 1.53. The number of methoxy groups -OCH3 is 1. The Morgan fingerprint density at radius 3 is 2.77 bits per heavy atom. The van der Waals surface area contributed by atoms with Crippen LogP contribution in [0.2, 0.25) is 4.34 Å². The molecule has 4 heterocycles. The smallest absolute Gasteiger partial charge is 0.354 e. The minimum atomic E-state index is -1.11. The number of carboxylic acid groups (broad SMARTS) is 1. The normalized spacial score (nSPS) is 18.9. The van der Waals surface area contributed by atoms with Crippen LogP contribution in [0.5, 0.6) is 0 Å². The molecule has 4 rings (SSSR count). The minimum absolute atomic E-state index is 0.0620. The van der Waals surface area contributed by atoms with Gasteiger partial charge in [0.2, 0.25) is 5.91 Å². The van der Waals surface area contributed by atoms with E-state index < -0.39 is 17.9 Å². The van der Waals surface area contributed by atoms with Crippen molar-refractivity contribution in [3.05, 3.63) is 45.4 Å². The van der Waals surface area contributed by atoms with Crippen LogP contribution in [0.1, 0.15) is 60.3 Å². The van der Waals surface area contributed by atoms with Crippen molar-refractivity contribution in [1.29, 1.82) is 0 Å². The van der Waals surface area contributed by atoms with Gasteiger partial charge in [-0.3, -0.25) is 9.69 Å². The second kappa shape index (κ2) is 10.5. The number of aromatic carboxylic acids is 1. The molecule has 0 saturated carbocycles. The molecule has 1 saturated heterocycles. The Labute approximate surface area is 211 Å². The number of primary amides is 1. The van der Waals surface area contributed by atoms with Crippen LogP contribution in [0.15, 0.2) is 22.7 Å². The largest absolute Gasteiger partial charge is 0.477 e. The number of halogens is 1. The Bertz CT molecular complexity index is 1220. The Balaban J connectivity index is 1.68. The predicted molar refractivity (Wildman–Crippen MR) is 131 cm³/mol. The lowest BCUT2D eigenvalue weighted by Crippen LogP contribution is -2.52. The SMILES string of the molecule is COCc1nc(C2CCN(C(C)C)C(C(N)=O)C2)c(C(=O)O)n1Cc1cc(-c2ccc(Cl)s2)on1. The molecule has 3 N–H and O–H groups in total. The fourth-order valence-corrected chi connectivity index (χ4v) is 5.67. The minimum Gasteiger partial charge on any atom is -0.477 e. The lowest BCUT2D eigenvalue weighted by atomic mass is 9.86. The number of aromatic nitrogens is 3. The molecule has 188 valence electrons. The van der Waals surface area contributed by atoms with Gasteiger partial charge in [0.05, 0.1) is 27.5 Å². The fourth-order valence-electron chi connectivity index (χ4n) is 4.68. The summed E-state index contributed by atoms with van der Waals surface area (Å²) >= 11 is 7.39. The molecule has 0 aliphatic carbocycles. The Kier molecular flexibility index (Phi) is 7.60. The first-order valence-electron chi connectivity index (χ1n) is 11.3. The highest BCUT2D eigenvalue weighted by Gasteiger charge is 2.38. The number of rotatable bonds is 9. The molecule has 12 heteroatoms. The molecule has 1 fully saturated rings. The summed E-state index contributed by atoms with van der Waals surface area (Å²) in [6.07, 6.45) is 1.07. The standard InChI is InChI=1S/C23H28ClN5O5S/c1-12(2)28-7-6-13(8-15(28)22(25)30)20-21(23(31)32)29(19(26-20)11-33-3)10-14-9-16(34-27-14)17-4-5-18(24)35-17/h4-5,9,12-13,15H,6-8,10-11H2,1-3H3,(H2,25,30)(H,31,32). The molecule has 0 radical (unpaired) electrons. The van der Waals surface area contributed by atoms with Gasteiger partial charge in [-0.25, -0.2) is 9.78 Å². The average Bonchev–Trinajstić information content (AvgIpc) is 3.53. The second-order valence-electron chi connectivity index (χ2n) is 8.84. The molecule has 3 aromatic rings. The van der Waals surface area contributed by atoms with Crippen molar-refractivity contribution in [3.63, 3.8) is 0 Å². The molecule has 0 spiro atoms. The van der Waals surface area contributed by atoms with E-state index in [4.69, 9.17) is 26.6 Å². The topological polar surface area (TPSA) is 137 Å².